The predicted octanol–water partition coefficient (Wildman–Crippen LogP) is 15.7. The lowest BCUT2D eigenvalue weighted by Gasteiger charge is -2.36. The van der Waals surface area contributed by atoms with Crippen molar-refractivity contribution in [3.8, 4) is 0 Å². The molecule has 256 valence electrons. The third kappa shape index (κ3) is 19.0. The van der Waals surface area contributed by atoms with E-state index in [0.717, 1.165) is 0 Å². The van der Waals surface area contributed by atoms with Crippen molar-refractivity contribution in [3.63, 3.8) is 0 Å². The van der Waals surface area contributed by atoms with Crippen LogP contribution in [-0.2, 0) is 5.41 Å². The molecule has 0 aromatic heterocycles. The average Bonchev–Trinajstić information content (AvgIpc) is 3.08. The molecule has 0 saturated heterocycles. The van der Waals surface area contributed by atoms with Gasteiger partial charge in [0.1, 0.15) is 0 Å². The summed E-state index contributed by atoms with van der Waals surface area (Å²) in [6.45, 7) is 4.62. The van der Waals surface area contributed by atoms with Gasteiger partial charge in [0.15, 0.2) is 0 Å². The fourth-order valence-corrected chi connectivity index (χ4v) is 7.63. The van der Waals surface area contributed by atoms with E-state index in [1.807, 2.05) is 0 Å². The van der Waals surface area contributed by atoms with Crippen molar-refractivity contribution in [2.75, 3.05) is 0 Å². The zero-order chi connectivity index (χ0) is 31.9. The summed E-state index contributed by atoms with van der Waals surface area (Å²) in [5.41, 5.74) is 3.25. The highest BCUT2D eigenvalue weighted by Crippen LogP contribution is 2.42. The fraction of sp³-hybridized carbons (Fsp3) is 0.733. The molecule has 2 aromatic carbocycles. The molecule has 0 aliphatic rings. The fourth-order valence-electron chi connectivity index (χ4n) is 7.63. The van der Waals surface area contributed by atoms with Gasteiger partial charge in [-0.2, -0.15) is 0 Å². The highest BCUT2D eigenvalue weighted by atomic mass is 14.4. The summed E-state index contributed by atoms with van der Waals surface area (Å²) in [6.07, 6.45) is 42.6. The first-order chi connectivity index (χ1) is 22.3. The monoisotopic (exact) mass is 617 g/mol. The first-order valence-electron chi connectivity index (χ1n) is 20.4. The maximum absolute atomic E-state index is 2.42. The first-order valence-corrected chi connectivity index (χ1v) is 20.4. The Morgan fingerprint density at radius 1 is 0.289 bits per heavy atom. The minimum absolute atomic E-state index is 0.163. The largest absolute Gasteiger partial charge is 0.0654 e. The van der Waals surface area contributed by atoms with Crippen LogP contribution >= 0.6 is 0 Å². The summed E-state index contributed by atoms with van der Waals surface area (Å²) in [7, 11) is 0. The van der Waals surface area contributed by atoms with Crippen molar-refractivity contribution in [1.29, 1.82) is 0 Å². The molecule has 0 aliphatic carbocycles. The maximum atomic E-state index is 2.42. The van der Waals surface area contributed by atoms with Crippen LogP contribution in [0.4, 0.5) is 0 Å². The number of hydrogen-bond acceptors (Lipinski definition) is 0. The SMILES string of the molecule is CCCCCCCCCCCCCCCCC(CCCCCCCCCCCCCCCC)(c1ccccc1)c1ccccc1. The van der Waals surface area contributed by atoms with Gasteiger partial charge < -0.3 is 0 Å². The summed E-state index contributed by atoms with van der Waals surface area (Å²) in [6, 6.07) is 23.1. The van der Waals surface area contributed by atoms with Gasteiger partial charge in [0.05, 0.1) is 0 Å². The van der Waals surface area contributed by atoms with Crippen molar-refractivity contribution in [2.45, 2.75) is 212 Å². The Morgan fingerprint density at radius 2 is 0.511 bits per heavy atom. The highest BCUT2D eigenvalue weighted by molar-refractivity contribution is 5.39. The molecule has 0 heteroatoms. The van der Waals surface area contributed by atoms with Crippen molar-refractivity contribution >= 4 is 0 Å². The minimum Gasteiger partial charge on any atom is -0.0654 e. The molecule has 0 aliphatic heterocycles. The number of benzene rings is 2. The molecule has 0 nitrogen and oxygen atoms in total. The van der Waals surface area contributed by atoms with E-state index in [-0.39, 0.29) is 5.41 Å². The topological polar surface area (TPSA) is 0 Å². The lowest BCUT2D eigenvalue weighted by atomic mass is 9.68. The van der Waals surface area contributed by atoms with Crippen molar-refractivity contribution in [3.05, 3.63) is 71.8 Å². The standard InChI is InChI=1S/C45H76/c1-3-5-7-9-11-13-15-17-19-21-23-25-27-35-41-45(43-37-31-29-32-38-43,44-39-33-30-34-40-44)42-36-28-26-24-22-20-18-16-14-12-10-8-6-4-2/h29-34,37-40H,3-28,35-36,41-42H2,1-2H3. The summed E-state index contributed by atoms with van der Waals surface area (Å²) >= 11 is 0. The molecular formula is C45H76. The predicted molar refractivity (Wildman–Crippen MR) is 204 cm³/mol. The molecule has 0 radical (unpaired) electrons. The molecule has 0 bridgehead atoms. The number of hydrogen-bond donors (Lipinski definition) is 0. The molecular weight excluding hydrogens is 540 g/mol. The van der Waals surface area contributed by atoms with Crippen LogP contribution in [0.1, 0.15) is 218 Å². The van der Waals surface area contributed by atoms with Crippen LogP contribution in [0.25, 0.3) is 0 Å². The van der Waals surface area contributed by atoms with Crippen molar-refractivity contribution in [2.24, 2.45) is 0 Å². The van der Waals surface area contributed by atoms with Crippen LogP contribution in [0, 0.1) is 0 Å². The molecule has 0 N–H and O–H groups in total. The Morgan fingerprint density at radius 3 is 0.756 bits per heavy atom. The van der Waals surface area contributed by atoms with Gasteiger partial charge in [-0.1, -0.05) is 254 Å². The van der Waals surface area contributed by atoms with Gasteiger partial charge in [-0.15, -0.1) is 0 Å². The van der Waals surface area contributed by atoms with E-state index in [1.165, 1.54) is 193 Å². The van der Waals surface area contributed by atoms with E-state index in [0.29, 0.717) is 0 Å². The van der Waals surface area contributed by atoms with Crippen LogP contribution in [-0.4, -0.2) is 0 Å². The molecule has 2 rings (SSSR count). The minimum atomic E-state index is 0.163. The smallest absolute Gasteiger partial charge is 0.0202 e. The summed E-state index contributed by atoms with van der Waals surface area (Å²) in [5.74, 6) is 0. The Labute approximate surface area is 283 Å². The van der Waals surface area contributed by atoms with Crippen LogP contribution in [0.3, 0.4) is 0 Å². The summed E-state index contributed by atoms with van der Waals surface area (Å²) in [4.78, 5) is 0. The molecule has 0 fully saturated rings. The van der Waals surface area contributed by atoms with Crippen molar-refractivity contribution in [1.82, 2.24) is 0 Å². The molecule has 0 spiro atoms. The molecule has 0 unspecified atom stereocenters. The second kappa shape index (κ2) is 28.6. The molecule has 0 heterocycles. The molecule has 0 amide bonds. The second-order valence-corrected chi connectivity index (χ2v) is 14.5. The molecule has 0 saturated carbocycles. The third-order valence-corrected chi connectivity index (χ3v) is 10.6. The van der Waals surface area contributed by atoms with Gasteiger partial charge in [0, 0.05) is 5.41 Å². The van der Waals surface area contributed by atoms with Crippen LogP contribution in [0.2, 0.25) is 0 Å². The number of rotatable bonds is 32. The Kier molecular flexibility index (Phi) is 25.2. The maximum Gasteiger partial charge on any atom is 0.0202 e. The van der Waals surface area contributed by atoms with Gasteiger partial charge in [-0.3, -0.25) is 0 Å². The van der Waals surface area contributed by atoms with Crippen LogP contribution in [0.15, 0.2) is 60.7 Å². The van der Waals surface area contributed by atoms with E-state index in [9.17, 15) is 0 Å². The lowest BCUT2D eigenvalue weighted by molar-refractivity contribution is 0.389. The normalized spacial score (nSPS) is 11.8. The molecule has 2 aromatic rings. The van der Waals surface area contributed by atoms with Crippen LogP contribution < -0.4 is 0 Å². The van der Waals surface area contributed by atoms with E-state index in [2.05, 4.69) is 74.5 Å². The van der Waals surface area contributed by atoms with E-state index in [1.54, 1.807) is 11.1 Å². The summed E-state index contributed by atoms with van der Waals surface area (Å²) < 4.78 is 0. The molecule has 0 atom stereocenters. The zero-order valence-electron chi connectivity index (χ0n) is 30.5. The highest BCUT2D eigenvalue weighted by Gasteiger charge is 2.33. The number of unbranched alkanes of at least 4 members (excludes halogenated alkanes) is 26. The molecule has 45 heavy (non-hydrogen) atoms. The third-order valence-electron chi connectivity index (χ3n) is 10.6. The Balaban J connectivity index is 1.71. The quantitative estimate of drug-likeness (QED) is 0.0717. The van der Waals surface area contributed by atoms with Gasteiger partial charge in [-0.05, 0) is 24.0 Å². The van der Waals surface area contributed by atoms with Crippen LogP contribution in [0.5, 0.6) is 0 Å². The second-order valence-electron chi connectivity index (χ2n) is 14.5. The van der Waals surface area contributed by atoms with E-state index >= 15 is 0 Å². The van der Waals surface area contributed by atoms with Gasteiger partial charge >= 0.3 is 0 Å². The summed E-state index contributed by atoms with van der Waals surface area (Å²) in [5, 5.41) is 0. The Bertz CT molecular complexity index is 779. The average molecular weight is 617 g/mol. The van der Waals surface area contributed by atoms with Gasteiger partial charge in [0.25, 0.3) is 0 Å². The zero-order valence-corrected chi connectivity index (χ0v) is 30.5. The van der Waals surface area contributed by atoms with Gasteiger partial charge in [0.2, 0.25) is 0 Å². The van der Waals surface area contributed by atoms with Gasteiger partial charge in [-0.25, -0.2) is 0 Å². The lowest BCUT2D eigenvalue weighted by Crippen LogP contribution is -2.28. The first kappa shape index (κ1) is 39.6. The van der Waals surface area contributed by atoms with Crippen molar-refractivity contribution < 1.29 is 0 Å². The van der Waals surface area contributed by atoms with E-state index < -0.39 is 0 Å². The van der Waals surface area contributed by atoms with E-state index in [4.69, 9.17) is 0 Å². The Hall–Kier alpha value is -1.56.